The van der Waals surface area contributed by atoms with Crippen LogP contribution in [0.4, 0.5) is 0 Å². The Morgan fingerprint density at radius 2 is 2.20 bits per heavy atom. The van der Waals surface area contributed by atoms with Crippen molar-refractivity contribution >= 4 is 11.9 Å². The lowest BCUT2D eigenvalue weighted by molar-refractivity contribution is -0.138. The maximum atomic E-state index is 11.8. The van der Waals surface area contributed by atoms with E-state index in [0.29, 0.717) is 5.69 Å². The van der Waals surface area contributed by atoms with Gasteiger partial charge >= 0.3 is 5.97 Å². The average molecular weight is 283 g/mol. The van der Waals surface area contributed by atoms with Crippen LogP contribution in [0.5, 0.6) is 0 Å². The lowest BCUT2D eigenvalue weighted by Gasteiger charge is -2.24. The average Bonchev–Trinajstić information content (AvgIpc) is 2.75. The predicted octanol–water partition coefficient (Wildman–Crippen LogP) is -0.463. The Morgan fingerprint density at radius 1 is 1.55 bits per heavy atom. The van der Waals surface area contributed by atoms with Gasteiger partial charge in [-0.15, -0.1) is 5.10 Å². The number of aromatic nitrogens is 3. The summed E-state index contributed by atoms with van der Waals surface area (Å²) < 4.78 is 1.37. The molecule has 1 atom stereocenters. The predicted molar refractivity (Wildman–Crippen MR) is 71.8 cm³/mol. The van der Waals surface area contributed by atoms with E-state index in [1.807, 2.05) is 20.8 Å². The second-order valence-electron chi connectivity index (χ2n) is 5.34. The van der Waals surface area contributed by atoms with Crippen molar-refractivity contribution in [1.82, 2.24) is 20.3 Å². The molecule has 0 bridgehead atoms. The number of nitrogens with zero attached hydrogens (tertiary/aromatic N) is 3. The molecule has 0 aromatic carbocycles. The minimum Gasteiger partial charge on any atom is -0.480 e. The number of hydrogen-bond acceptors (Lipinski definition) is 5. The van der Waals surface area contributed by atoms with Crippen LogP contribution in [0.15, 0.2) is 6.20 Å². The van der Waals surface area contributed by atoms with Crippen molar-refractivity contribution in [2.24, 2.45) is 5.73 Å². The minimum absolute atomic E-state index is 0.0404. The molecule has 0 spiro atoms. The molecule has 1 aromatic rings. The van der Waals surface area contributed by atoms with E-state index in [4.69, 9.17) is 10.8 Å². The maximum Gasteiger partial charge on any atom is 0.320 e. The largest absolute Gasteiger partial charge is 0.480 e. The third kappa shape index (κ3) is 4.96. The zero-order chi connectivity index (χ0) is 15.3. The van der Waals surface area contributed by atoms with Crippen LogP contribution in [0.1, 0.15) is 32.9 Å². The first-order valence-electron chi connectivity index (χ1n) is 6.42. The highest BCUT2D eigenvalue weighted by Crippen LogP contribution is 2.06. The fraction of sp³-hybridized carbons (Fsp3) is 0.667. The molecule has 1 amide bonds. The number of nitrogens with one attached hydrogen (secondary N) is 1. The Balaban J connectivity index is 2.56. The van der Waals surface area contributed by atoms with Crippen LogP contribution in [0.3, 0.4) is 0 Å². The topological polar surface area (TPSA) is 123 Å². The molecule has 0 saturated carbocycles. The molecule has 112 valence electrons. The normalized spacial score (nSPS) is 13.0. The number of carboxylic acids is 1. The smallest absolute Gasteiger partial charge is 0.320 e. The summed E-state index contributed by atoms with van der Waals surface area (Å²) in [6.45, 7) is 5.90. The van der Waals surface area contributed by atoms with Crippen LogP contribution in [-0.2, 0) is 22.6 Å². The lowest BCUT2D eigenvalue weighted by Crippen LogP contribution is -2.44. The van der Waals surface area contributed by atoms with Gasteiger partial charge in [0.05, 0.1) is 5.69 Å². The molecule has 0 saturated heterocycles. The number of hydrogen-bond donors (Lipinski definition) is 3. The second-order valence-corrected chi connectivity index (χ2v) is 5.34. The molecule has 0 fully saturated rings. The SMILES string of the molecule is CCC(C)(C)NC(=O)Cn1cc(CC(N)C(=O)O)nn1. The molecule has 4 N–H and O–H groups in total. The van der Waals surface area contributed by atoms with E-state index in [1.54, 1.807) is 0 Å². The minimum atomic E-state index is -1.10. The summed E-state index contributed by atoms with van der Waals surface area (Å²) in [6.07, 6.45) is 2.42. The molecule has 0 aliphatic heterocycles. The van der Waals surface area contributed by atoms with Gasteiger partial charge in [0.2, 0.25) is 5.91 Å². The molecule has 1 aromatic heterocycles. The Hall–Kier alpha value is -1.96. The van der Waals surface area contributed by atoms with E-state index in [-0.39, 0.29) is 24.4 Å². The number of rotatable bonds is 7. The highest BCUT2D eigenvalue weighted by atomic mass is 16.4. The molecule has 0 radical (unpaired) electrons. The van der Waals surface area contributed by atoms with Gasteiger partial charge in [0.25, 0.3) is 0 Å². The van der Waals surface area contributed by atoms with E-state index in [2.05, 4.69) is 15.6 Å². The van der Waals surface area contributed by atoms with Crippen molar-refractivity contribution in [3.05, 3.63) is 11.9 Å². The molecular weight excluding hydrogens is 262 g/mol. The molecule has 0 aliphatic rings. The summed E-state index contributed by atoms with van der Waals surface area (Å²) in [7, 11) is 0. The van der Waals surface area contributed by atoms with Crippen molar-refractivity contribution in [2.75, 3.05) is 0 Å². The van der Waals surface area contributed by atoms with Gasteiger partial charge in [-0.05, 0) is 20.3 Å². The number of aliphatic carboxylic acids is 1. The number of carboxylic acid groups (broad SMARTS) is 1. The van der Waals surface area contributed by atoms with Gasteiger partial charge in [0.15, 0.2) is 0 Å². The standard InChI is InChI=1S/C12H21N5O3/c1-4-12(2,3)14-10(18)7-17-6-8(15-16-17)5-9(13)11(19)20/h6,9H,4-5,7,13H2,1-3H3,(H,14,18)(H,19,20). The molecule has 8 heteroatoms. The fourth-order valence-electron chi connectivity index (χ4n) is 1.47. The van der Waals surface area contributed by atoms with Crippen LogP contribution in [0, 0.1) is 0 Å². The molecule has 8 nitrogen and oxygen atoms in total. The van der Waals surface area contributed by atoms with Gasteiger partial charge in [-0.25, -0.2) is 4.68 Å². The zero-order valence-corrected chi connectivity index (χ0v) is 12.0. The summed E-state index contributed by atoms with van der Waals surface area (Å²) in [5.41, 5.74) is 5.58. The van der Waals surface area contributed by atoms with E-state index in [9.17, 15) is 9.59 Å². The summed E-state index contributed by atoms with van der Waals surface area (Å²) >= 11 is 0. The van der Waals surface area contributed by atoms with Gasteiger partial charge in [-0.3, -0.25) is 9.59 Å². The monoisotopic (exact) mass is 283 g/mol. The van der Waals surface area contributed by atoms with Gasteiger partial charge in [0, 0.05) is 18.2 Å². The third-order valence-corrected chi connectivity index (χ3v) is 3.00. The fourth-order valence-corrected chi connectivity index (χ4v) is 1.47. The summed E-state index contributed by atoms with van der Waals surface area (Å²) in [6, 6.07) is -1.02. The van der Waals surface area contributed by atoms with Gasteiger partial charge in [-0.1, -0.05) is 12.1 Å². The van der Waals surface area contributed by atoms with Gasteiger partial charge < -0.3 is 16.2 Å². The van der Waals surface area contributed by atoms with Crippen molar-refractivity contribution in [3.63, 3.8) is 0 Å². The van der Waals surface area contributed by atoms with Crippen molar-refractivity contribution < 1.29 is 14.7 Å². The molecule has 1 rings (SSSR count). The third-order valence-electron chi connectivity index (χ3n) is 3.00. The van der Waals surface area contributed by atoms with Crippen molar-refractivity contribution in [3.8, 4) is 0 Å². The summed E-state index contributed by atoms with van der Waals surface area (Å²) in [5, 5.41) is 19.2. The molecule has 20 heavy (non-hydrogen) atoms. The van der Waals surface area contributed by atoms with E-state index >= 15 is 0 Å². The first-order chi connectivity index (χ1) is 9.23. The first kappa shape index (κ1) is 16.1. The Morgan fingerprint density at radius 3 is 2.75 bits per heavy atom. The van der Waals surface area contributed by atoms with Crippen LogP contribution in [0.25, 0.3) is 0 Å². The van der Waals surface area contributed by atoms with Crippen LogP contribution < -0.4 is 11.1 Å². The highest BCUT2D eigenvalue weighted by molar-refractivity contribution is 5.76. The van der Waals surface area contributed by atoms with Crippen LogP contribution >= 0.6 is 0 Å². The summed E-state index contributed by atoms with van der Waals surface area (Å²) in [5.74, 6) is -1.27. The number of carbonyl (C=O) groups excluding carboxylic acids is 1. The quantitative estimate of drug-likeness (QED) is 0.622. The van der Waals surface area contributed by atoms with E-state index in [1.165, 1.54) is 10.9 Å². The van der Waals surface area contributed by atoms with E-state index in [0.717, 1.165) is 6.42 Å². The Labute approximate surface area is 117 Å². The zero-order valence-electron chi connectivity index (χ0n) is 12.0. The number of amides is 1. The number of carbonyl (C=O) groups is 2. The Kier molecular flexibility index (Phi) is 5.20. The van der Waals surface area contributed by atoms with Crippen molar-refractivity contribution in [1.29, 1.82) is 0 Å². The van der Waals surface area contributed by atoms with Crippen molar-refractivity contribution in [2.45, 2.75) is 51.7 Å². The Bertz CT molecular complexity index is 483. The van der Waals surface area contributed by atoms with Gasteiger partial charge in [-0.2, -0.15) is 0 Å². The summed E-state index contributed by atoms with van der Waals surface area (Å²) in [4.78, 5) is 22.4. The van der Waals surface area contributed by atoms with E-state index < -0.39 is 12.0 Å². The van der Waals surface area contributed by atoms with Gasteiger partial charge in [0.1, 0.15) is 12.6 Å². The molecule has 1 unspecified atom stereocenters. The molecular formula is C12H21N5O3. The van der Waals surface area contributed by atoms with Crippen LogP contribution in [0.2, 0.25) is 0 Å². The molecule has 0 aliphatic carbocycles. The lowest BCUT2D eigenvalue weighted by atomic mass is 10.0. The first-order valence-corrected chi connectivity index (χ1v) is 6.42. The molecule has 1 heterocycles. The highest BCUT2D eigenvalue weighted by Gasteiger charge is 2.19. The number of nitrogens with two attached hydrogens (primary N) is 1. The second kappa shape index (κ2) is 6.47. The van der Waals surface area contributed by atoms with Crippen LogP contribution in [-0.4, -0.2) is 43.6 Å². The maximum absolute atomic E-state index is 11.8.